The van der Waals surface area contributed by atoms with Crippen molar-refractivity contribution in [3.63, 3.8) is 0 Å². The molecule has 0 spiro atoms. The molecule has 2 aromatic heterocycles. The summed E-state index contributed by atoms with van der Waals surface area (Å²) < 4.78 is 7.66. The summed E-state index contributed by atoms with van der Waals surface area (Å²) in [7, 11) is 0. The van der Waals surface area contributed by atoms with Gasteiger partial charge in [0.25, 0.3) is 0 Å². The van der Waals surface area contributed by atoms with Gasteiger partial charge in [-0.3, -0.25) is 0 Å². The van der Waals surface area contributed by atoms with Crippen LogP contribution in [0, 0.1) is 0 Å². The molecule has 0 aliphatic heterocycles. The maximum atomic E-state index is 5.41. The predicted octanol–water partition coefficient (Wildman–Crippen LogP) is 6.15. The molecule has 27 heavy (non-hydrogen) atoms. The number of nitrogens with zero attached hydrogens (tertiary/aromatic N) is 2. The van der Waals surface area contributed by atoms with E-state index in [1.165, 1.54) is 11.1 Å². The second kappa shape index (κ2) is 6.92. The van der Waals surface area contributed by atoms with Crippen molar-refractivity contribution in [2.45, 2.75) is 32.7 Å². The lowest BCUT2D eigenvalue weighted by molar-refractivity contribution is 0.557. The molecule has 0 aliphatic rings. The van der Waals surface area contributed by atoms with E-state index in [4.69, 9.17) is 9.40 Å². The maximum absolute atomic E-state index is 5.41. The fourth-order valence-corrected chi connectivity index (χ4v) is 3.22. The third-order valence-electron chi connectivity index (χ3n) is 4.78. The monoisotopic (exact) mass is 356 g/mol. The van der Waals surface area contributed by atoms with E-state index in [2.05, 4.69) is 67.8 Å². The second-order valence-electron chi connectivity index (χ2n) is 7.84. The SMILES string of the molecule is CC(C)(C)c1ccc(Cn2c(/C=C/c3ccco3)nc3ccccc32)cc1. The highest BCUT2D eigenvalue weighted by Gasteiger charge is 2.14. The van der Waals surface area contributed by atoms with Crippen molar-refractivity contribution < 1.29 is 4.42 Å². The standard InChI is InChI=1S/C24H24N2O/c1-24(2,3)19-12-10-18(11-13-19)17-26-22-9-5-4-8-21(22)25-23(26)15-14-20-7-6-16-27-20/h4-16H,17H2,1-3H3/b15-14+. The lowest BCUT2D eigenvalue weighted by atomic mass is 9.87. The van der Waals surface area contributed by atoms with E-state index in [1.54, 1.807) is 6.26 Å². The molecule has 2 heterocycles. The summed E-state index contributed by atoms with van der Waals surface area (Å²) in [5.41, 5.74) is 4.91. The molecule has 0 amide bonds. The van der Waals surface area contributed by atoms with Gasteiger partial charge in [0.05, 0.1) is 17.3 Å². The van der Waals surface area contributed by atoms with Gasteiger partial charge in [0.2, 0.25) is 0 Å². The molecule has 0 unspecified atom stereocenters. The average Bonchev–Trinajstić information content (AvgIpc) is 3.28. The molecule has 0 N–H and O–H groups in total. The highest BCUT2D eigenvalue weighted by Crippen LogP contribution is 2.24. The normalized spacial score (nSPS) is 12.3. The van der Waals surface area contributed by atoms with Crippen LogP contribution >= 0.6 is 0 Å². The van der Waals surface area contributed by atoms with Gasteiger partial charge < -0.3 is 8.98 Å². The first-order valence-corrected chi connectivity index (χ1v) is 9.27. The molecular formula is C24H24N2O. The number of aromatic nitrogens is 2. The van der Waals surface area contributed by atoms with E-state index in [1.807, 2.05) is 30.4 Å². The summed E-state index contributed by atoms with van der Waals surface area (Å²) in [5, 5.41) is 0. The van der Waals surface area contributed by atoms with Gasteiger partial charge in [-0.25, -0.2) is 4.98 Å². The van der Waals surface area contributed by atoms with E-state index in [0.29, 0.717) is 0 Å². The van der Waals surface area contributed by atoms with Crippen molar-refractivity contribution >= 4 is 23.2 Å². The fourth-order valence-electron chi connectivity index (χ4n) is 3.22. The molecule has 0 fully saturated rings. The Bertz CT molecular complexity index is 1060. The molecule has 0 saturated heterocycles. The minimum Gasteiger partial charge on any atom is -0.465 e. The van der Waals surface area contributed by atoms with Crippen LogP contribution in [-0.4, -0.2) is 9.55 Å². The molecule has 0 bridgehead atoms. The van der Waals surface area contributed by atoms with Crippen molar-refractivity contribution in [1.29, 1.82) is 0 Å². The first kappa shape index (κ1) is 17.3. The Balaban J connectivity index is 1.70. The average molecular weight is 356 g/mol. The lowest BCUT2D eigenvalue weighted by Crippen LogP contribution is -2.11. The molecule has 3 heteroatoms. The van der Waals surface area contributed by atoms with Crippen LogP contribution in [0.2, 0.25) is 0 Å². The number of hydrogen-bond donors (Lipinski definition) is 0. The Morgan fingerprint density at radius 3 is 2.41 bits per heavy atom. The number of hydrogen-bond acceptors (Lipinski definition) is 2. The maximum Gasteiger partial charge on any atom is 0.134 e. The second-order valence-corrected chi connectivity index (χ2v) is 7.84. The summed E-state index contributed by atoms with van der Waals surface area (Å²) in [5.74, 6) is 1.75. The van der Waals surface area contributed by atoms with Crippen LogP contribution in [0.15, 0.2) is 71.3 Å². The molecule has 4 rings (SSSR count). The topological polar surface area (TPSA) is 31.0 Å². The highest BCUT2D eigenvalue weighted by molar-refractivity contribution is 5.79. The third kappa shape index (κ3) is 3.72. The molecule has 0 aliphatic carbocycles. The first-order valence-electron chi connectivity index (χ1n) is 9.27. The lowest BCUT2D eigenvalue weighted by Gasteiger charge is -2.19. The molecule has 4 aromatic rings. The van der Waals surface area contributed by atoms with Crippen LogP contribution in [0.1, 0.15) is 43.5 Å². The molecule has 0 atom stereocenters. The Morgan fingerprint density at radius 1 is 0.926 bits per heavy atom. The molecule has 2 aromatic carbocycles. The van der Waals surface area contributed by atoms with Crippen LogP contribution in [-0.2, 0) is 12.0 Å². The largest absolute Gasteiger partial charge is 0.465 e. The molecule has 0 saturated carbocycles. The van der Waals surface area contributed by atoms with Crippen molar-refractivity contribution in [3.05, 3.63) is 89.6 Å². The summed E-state index contributed by atoms with van der Waals surface area (Å²) in [6.07, 6.45) is 5.65. The Morgan fingerprint density at radius 2 is 1.70 bits per heavy atom. The number of para-hydroxylation sites is 2. The zero-order chi connectivity index (χ0) is 18.9. The first-order chi connectivity index (χ1) is 13.0. The van der Waals surface area contributed by atoms with Crippen LogP contribution in [0.4, 0.5) is 0 Å². The molecular weight excluding hydrogens is 332 g/mol. The summed E-state index contributed by atoms with van der Waals surface area (Å²) in [4.78, 5) is 4.80. The van der Waals surface area contributed by atoms with Crippen molar-refractivity contribution in [3.8, 4) is 0 Å². The van der Waals surface area contributed by atoms with Gasteiger partial charge >= 0.3 is 0 Å². The smallest absolute Gasteiger partial charge is 0.134 e. The quantitative estimate of drug-likeness (QED) is 0.439. The zero-order valence-corrected chi connectivity index (χ0v) is 16.0. The Kier molecular flexibility index (Phi) is 4.44. The summed E-state index contributed by atoms with van der Waals surface area (Å²) >= 11 is 0. The van der Waals surface area contributed by atoms with Crippen molar-refractivity contribution in [2.24, 2.45) is 0 Å². The van der Waals surface area contributed by atoms with Crippen molar-refractivity contribution in [2.75, 3.05) is 0 Å². The molecule has 0 radical (unpaired) electrons. The van der Waals surface area contributed by atoms with Gasteiger partial charge in [-0.1, -0.05) is 57.2 Å². The van der Waals surface area contributed by atoms with E-state index in [9.17, 15) is 0 Å². The zero-order valence-electron chi connectivity index (χ0n) is 16.0. The predicted molar refractivity (Wildman–Crippen MR) is 112 cm³/mol. The number of imidazole rings is 1. The van der Waals surface area contributed by atoms with E-state index >= 15 is 0 Å². The number of fused-ring (bicyclic) bond motifs is 1. The Labute approximate surface area is 160 Å². The fraction of sp³-hybridized carbons (Fsp3) is 0.208. The van der Waals surface area contributed by atoms with Crippen LogP contribution in [0.25, 0.3) is 23.2 Å². The molecule has 3 nitrogen and oxygen atoms in total. The van der Waals surface area contributed by atoms with Crippen LogP contribution < -0.4 is 0 Å². The van der Waals surface area contributed by atoms with Gasteiger partial charge in [0.15, 0.2) is 0 Å². The number of furan rings is 1. The van der Waals surface area contributed by atoms with Crippen LogP contribution in [0.3, 0.4) is 0 Å². The summed E-state index contributed by atoms with van der Waals surface area (Å²) in [6, 6.07) is 21.0. The van der Waals surface area contributed by atoms with Gasteiger partial charge in [-0.15, -0.1) is 0 Å². The van der Waals surface area contributed by atoms with Crippen LogP contribution in [0.5, 0.6) is 0 Å². The minimum absolute atomic E-state index is 0.164. The van der Waals surface area contributed by atoms with E-state index in [-0.39, 0.29) is 5.41 Å². The van der Waals surface area contributed by atoms with Gasteiger partial charge in [0, 0.05) is 6.54 Å². The van der Waals surface area contributed by atoms with E-state index < -0.39 is 0 Å². The van der Waals surface area contributed by atoms with Crippen molar-refractivity contribution in [1.82, 2.24) is 9.55 Å². The van der Waals surface area contributed by atoms with Gasteiger partial charge in [-0.2, -0.15) is 0 Å². The van der Waals surface area contributed by atoms with E-state index in [0.717, 1.165) is 29.2 Å². The molecule has 136 valence electrons. The van der Waals surface area contributed by atoms with Gasteiger partial charge in [-0.05, 0) is 53.0 Å². The highest BCUT2D eigenvalue weighted by atomic mass is 16.3. The summed E-state index contributed by atoms with van der Waals surface area (Å²) in [6.45, 7) is 7.50. The van der Waals surface area contributed by atoms with Gasteiger partial charge in [0.1, 0.15) is 11.6 Å². The minimum atomic E-state index is 0.164. The Hall–Kier alpha value is -3.07. The number of benzene rings is 2. The third-order valence-corrected chi connectivity index (χ3v) is 4.78. The number of rotatable bonds is 4.